The molecule has 1 saturated carbocycles. The number of rotatable bonds is 3. The fraction of sp³-hybridized carbons (Fsp3) is 0.250. The number of pyridine rings is 1. The molecule has 2 fully saturated rings. The number of benzene rings is 2. The van der Waals surface area contributed by atoms with E-state index in [0.717, 1.165) is 35.2 Å². The van der Waals surface area contributed by atoms with Crippen LogP contribution in [0.1, 0.15) is 40.7 Å². The molecule has 2 aromatic carbocycles. The molecule has 1 saturated heterocycles. The van der Waals surface area contributed by atoms with Crippen LogP contribution >= 0.6 is 11.3 Å². The molecule has 34 heavy (non-hydrogen) atoms. The van der Waals surface area contributed by atoms with Crippen molar-refractivity contribution < 1.29 is 14.3 Å². The number of ether oxygens (including phenoxy) is 1. The zero-order valence-corrected chi connectivity index (χ0v) is 19.3. The topological polar surface area (TPSA) is 59.5 Å². The first-order chi connectivity index (χ1) is 16.6. The summed E-state index contributed by atoms with van der Waals surface area (Å²) in [6, 6.07) is 20.0. The average molecular weight is 467 g/mol. The number of likely N-dealkylation sites (tertiary alicyclic amines) is 1. The van der Waals surface area contributed by atoms with Gasteiger partial charge in [-0.3, -0.25) is 9.78 Å². The highest BCUT2D eigenvalue weighted by Gasteiger charge is 2.57. The molecule has 2 aliphatic heterocycles. The van der Waals surface area contributed by atoms with Gasteiger partial charge in [0.05, 0.1) is 23.2 Å². The van der Waals surface area contributed by atoms with Crippen molar-refractivity contribution in [3.05, 3.63) is 88.9 Å². The molecule has 0 N–H and O–H groups in total. The van der Waals surface area contributed by atoms with Gasteiger partial charge in [-0.25, -0.2) is 4.79 Å². The van der Waals surface area contributed by atoms with E-state index in [0.29, 0.717) is 25.1 Å². The van der Waals surface area contributed by atoms with E-state index >= 15 is 0 Å². The number of esters is 1. The Bertz CT molecular complexity index is 1470. The number of carbonyl (C=O) groups is 2. The summed E-state index contributed by atoms with van der Waals surface area (Å²) < 4.78 is 7.09. The van der Waals surface area contributed by atoms with Gasteiger partial charge in [-0.1, -0.05) is 42.5 Å². The van der Waals surface area contributed by atoms with Crippen molar-refractivity contribution in [2.45, 2.75) is 30.3 Å². The van der Waals surface area contributed by atoms with Crippen molar-refractivity contribution in [1.29, 1.82) is 0 Å². The highest BCUT2D eigenvalue weighted by Crippen LogP contribution is 2.52. The van der Waals surface area contributed by atoms with E-state index < -0.39 is 11.0 Å². The predicted octanol–water partition coefficient (Wildman–Crippen LogP) is 5.29. The second-order valence-corrected chi connectivity index (χ2v) is 10.5. The zero-order chi connectivity index (χ0) is 22.9. The highest BCUT2D eigenvalue weighted by molar-refractivity contribution is 7.17. The molecule has 0 bridgehead atoms. The number of thiophene rings is 1. The van der Waals surface area contributed by atoms with E-state index in [-0.39, 0.29) is 11.9 Å². The van der Waals surface area contributed by atoms with Gasteiger partial charge in [-0.05, 0) is 36.6 Å². The lowest BCUT2D eigenvalue weighted by Gasteiger charge is -2.26. The molecule has 4 aromatic rings. The maximum absolute atomic E-state index is 13.7. The summed E-state index contributed by atoms with van der Waals surface area (Å²) in [5.41, 5.74) is 3.36. The monoisotopic (exact) mass is 466 g/mol. The smallest absolute Gasteiger partial charge is 0.339 e. The maximum atomic E-state index is 13.7. The Kier molecular flexibility index (Phi) is 4.10. The predicted molar refractivity (Wildman–Crippen MR) is 131 cm³/mol. The van der Waals surface area contributed by atoms with Gasteiger partial charge < -0.3 is 9.64 Å². The number of hydrogen-bond acceptors (Lipinski definition) is 5. The lowest BCUT2D eigenvalue weighted by Crippen LogP contribution is -2.40. The first-order valence-electron chi connectivity index (χ1n) is 11.7. The molecule has 0 radical (unpaired) electrons. The van der Waals surface area contributed by atoms with E-state index in [2.05, 4.69) is 29.6 Å². The van der Waals surface area contributed by atoms with Crippen molar-refractivity contribution in [1.82, 2.24) is 9.88 Å². The standard InChI is InChI=1S/C28H22N2O3S/c31-25-20-6-1-3-7-22(20)28(33-25)13-14-30(17-28)26(32)27(11-12-27)18-9-10-23(29-15-18)21-16-34-24-8-4-2-5-19(21)24/h1-10,15-16H,11-14,17H2. The minimum absolute atomic E-state index is 0.125. The van der Waals surface area contributed by atoms with Gasteiger partial charge in [0.1, 0.15) is 0 Å². The van der Waals surface area contributed by atoms with Gasteiger partial charge in [0, 0.05) is 45.8 Å². The molecule has 2 aromatic heterocycles. The van der Waals surface area contributed by atoms with E-state index in [4.69, 9.17) is 9.72 Å². The minimum atomic E-state index is -0.707. The van der Waals surface area contributed by atoms with E-state index in [9.17, 15) is 9.59 Å². The summed E-state index contributed by atoms with van der Waals surface area (Å²) in [4.78, 5) is 32.8. The van der Waals surface area contributed by atoms with Crippen molar-refractivity contribution >= 4 is 33.3 Å². The van der Waals surface area contributed by atoms with Crippen LogP contribution in [-0.2, 0) is 20.5 Å². The van der Waals surface area contributed by atoms with E-state index in [1.54, 1.807) is 11.3 Å². The van der Waals surface area contributed by atoms with E-state index in [1.165, 1.54) is 10.1 Å². The summed E-state index contributed by atoms with van der Waals surface area (Å²) in [7, 11) is 0. The van der Waals surface area contributed by atoms with Crippen LogP contribution in [0.25, 0.3) is 21.3 Å². The number of nitrogens with zero attached hydrogens (tertiary/aromatic N) is 2. The van der Waals surface area contributed by atoms with Crippen LogP contribution in [0.4, 0.5) is 0 Å². The maximum Gasteiger partial charge on any atom is 0.339 e. The second-order valence-electron chi connectivity index (χ2n) is 9.57. The Morgan fingerprint density at radius 1 is 0.971 bits per heavy atom. The lowest BCUT2D eigenvalue weighted by molar-refractivity contribution is -0.134. The van der Waals surface area contributed by atoms with Crippen LogP contribution < -0.4 is 0 Å². The van der Waals surface area contributed by atoms with Gasteiger partial charge in [0.25, 0.3) is 0 Å². The van der Waals surface area contributed by atoms with Crippen molar-refractivity contribution in [3.63, 3.8) is 0 Å². The van der Waals surface area contributed by atoms with Crippen LogP contribution in [-0.4, -0.2) is 34.8 Å². The molecular formula is C28H22N2O3S. The second kappa shape index (κ2) is 7.00. The zero-order valence-electron chi connectivity index (χ0n) is 18.5. The molecule has 1 spiro atoms. The number of amides is 1. The van der Waals surface area contributed by atoms with Gasteiger partial charge in [0.15, 0.2) is 5.60 Å². The summed E-state index contributed by atoms with van der Waals surface area (Å²) in [5, 5.41) is 3.36. The number of carbonyl (C=O) groups excluding carboxylic acids is 2. The Balaban J connectivity index is 1.15. The quantitative estimate of drug-likeness (QED) is 0.385. The molecule has 1 atom stereocenters. The number of hydrogen-bond donors (Lipinski definition) is 0. The Hall–Kier alpha value is -3.51. The lowest BCUT2D eigenvalue weighted by atomic mass is 9.91. The van der Waals surface area contributed by atoms with Gasteiger partial charge in [-0.2, -0.15) is 0 Å². The molecule has 168 valence electrons. The van der Waals surface area contributed by atoms with Crippen LogP contribution in [0.2, 0.25) is 0 Å². The third kappa shape index (κ3) is 2.75. The SMILES string of the molecule is O=C1OC2(CCN(C(=O)C3(c4ccc(-c5csc6ccccc56)nc4)CC3)C2)c2ccccc21. The molecular weight excluding hydrogens is 444 g/mol. The summed E-state index contributed by atoms with van der Waals surface area (Å²) in [6.45, 7) is 1.01. The molecule has 6 heteroatoms. The molecule has 1 unspecified atom stereocenters. The largest absolute Gasteiger partial charge is 0.449 e. The van der Waals surface area contributed by atoms with Crippen LogP contribution in [0.5, 0.6) is 0 Å². The van der Waals surface area contributed by atoms with Gasteiger partial charge in [-0.15, -0.1) is 11.3 Å². The minimum Gasteiger partial charge on any atom is -0.449 e. The summed E-state index contributed by atoms with van der Waals surface area (Å²) in [6.07, 6.45) is 4.17. The molecule has 1 aliphatic carbocycles. The Morgan fingerprint density at radius 3 is 2.62 bits per heavy atom. The first kappa shape index (κ1) is 19.9. The number of aromatic nitrogens is 1. The van der Waals surface area contributed by atoms with E-state index in [1.807, 2.05) is 47.5 Å². The normalized spacial score (nSPS) is 22.2. The molecule has 7 rings (SSSR count). The number of fused-ring (bicyclic) bond motifs is 3. The summed E-state index contributed by atoms with van der Waals surface area (Å²) >= 11 is 1.72. The fourth-order valence-corrected chi connectivity index (χ4v) is 6.63. The Labute approximate surface area is 201 Å². The van der Waals surface area contributed by atoms with Gasteiger partial charge in [0.2, 0.25) is 5.91 Å². The molecule has 5 nitrogen and oxygen atoms in total. The van der Waals surface area contributed by atoms with Crippen LogP contribution in [0.3, 0.4) is 0 Å². The van der Waals surface area contributed by atoms with Gasteiger partial charge >= 0.3 is 5.97 Å². The Morgan fingerprint density at radius 2 is 1.79 bits per heavy atom. The van der Waals surface area contributed by atoms with Crippen molar-refractivity contribution in [3.8, 4) is 11.3 Å². The third-order valence-electron chi connectivity index (χ3n) is 7.68. The van der Waals surface area contributed by atoms with Crippen LogP contribution in [0, 0.1) is 0 Å². The molecule has 1 amide bonds. The highest BCUT2D eigenvalue weighted by atomic mass is 32.1. The molecule has 4 heterocycles. The average Bonchev–Trinajstić information content (AvgIpc) is 3.27. The fourth-order valence-electron chi connectivity index (χ4n) is 5.67. The molecule has 3 aliphatic rings. The third-order valence-corrected chi connectivity index (χ3v) is 8.64. The van der Waals surface area contributed by atoms with Crippen molar-refractivity contribution in [2.75, 3.05) is 13.1 Å². The first-order valence-corrected chi connectivity index (χ1v) is 12.5. The van der Waals surface area contributed by atoms with Crippen LogP contribution in [0.15, 0.2) is 72.2 Å². The summed E-state index contributed by atoms with van der Waals surface area (Å²) in [5.74, 6) is -0.160. The van der Waals surface area contributed by atoms with Crippen molar-refractivity contribution in [2.24, 2.45) is 0 Å².